The summed E-state index contributed by atoms with van der Waals surface area (Å²) in [7, 11) is -5.20. The van der Waals surface area contributed by atoms with Gasteiger partial charge >= 0.3 is 21.6 Å². The number of carbonyl (C=O) groups excluding carboxylic acids is 1. The standard InChI is InChI=1S/C14H12F5NO6S/c1-7(25-27(22,23)14(17,18)19)13(12(21)24-2)6-11(20-26-13)8-3-9(15)5-10(16)4-8/h3-5,7H,6H2,1-2H3. The number of esters is 1. The molecule has 2 rings (SSSR count). The second-order valence-corrected chi connectivity index (χ2v) is 7.05. The van der Waals surface area contributed by atoms with Crippen molar-refractivity contribution in [2.75, 3.05) is 7.11 Å². The second-order valence-electron chi connectivity index (χ2n) is 5.48. The minimum Gasteiger partial charge on any atom is -0.466 e. The maximum atomic E-state index is 13.4. The van der Waals surface area contributed by atoms with Crippen LogP contribution < -0.4 is 0 Å². The first kappa shape index (κ1) is 21.0. The Balaban J connectivity index is 2.36. The van der Waals surface area contributed by atoms with E-state index in [9.17, 15) is 35.2 Å². The predicted octanol–water partition coefficient (Wildman–Crippen LogP) is 2.26. The molecule has 0 saturated heterocycles. The lowest BCUT2D eigenvalue weighted by atomic mass is 9.89. The molecule has 0 aliphatic carbocycles. The van der Waals surface area contributed by atoms with E-state index in [2.05, 4.69) is 14.1 Å². The van der Waals surface area contributed by atoms with E-state index in [0.29, 0.717) is 6.07 Å². The van der Waals surface area contributed by atoms with Gasteiger partial charge in [-0.25, -0.2) is 13.6 Å². The molecule has 1 aliphatic rings. The van der Waals surface area contributed by atoms with Gasteiger partial charge in [-0.3, -0.25) is 4.18 Å². The molecule has 7 nitrogen and oxygen atoms in total. The van der Waals surface area contributed by atoms with Crippen LogP contribution in [-0.4, -0.2) is 44.4 Å². The maximum absolute atomic E-state index is 13.4. The average molecular weight is 417 g/mol. The van der Waals surface area contributed by atoms with Crippen LogP contribution in [0.25, 0.3) is 0 Å². The highest BCUT2D eigenvalue weighted by Crippen LogP contribution is 2.36. The van der Waals surface area contributed by atoms with Crippen molar-refractivity contribution < 1.29 is 48.9 Å². The molecule has 0 saturated carbocycles. The molecule has 0 bridgehead atoms. The normalized spacial score (nSPS) is 21.4. The summed E-state index contributed by atoms with van der Waals surface area (Å²) in [5.41, 5.74) is -8.54. The molecule has 0 amide bonds. The number of methoxy groups -OCH3 is 1. The third-order valence-electron chi connectivity index (χ3n) is 3.69. The molecule has 150 valence electrons. The Morgan fingerprint density at radius 2 is 1.81 bits per heavy atom. The lowest BCUT2D eigenvalue weighted by molar-refractivity contribution is -0.178. The van der Waals surface area contributed by atoms with Crippen molar-refractivity contribution in [2.24, 2.45) is 5.16 Å². The highest BCUT2D eigenvalue weighted by molar-refractivity contribution is 7.87. The summed E-state index contributed by atoms with van der Waals surface area (Å²) in [5.74, 6) is -3.25. The number of halogens is 5. The molecule has 1 heterocycles. The Morgan fingerprint density at radius 3 is 2.30 bits per heavy atom. The fraction of sp³-hybridized carbons (Fsp3) is 0.429. The topological polar surface area (TPSA) is 91.3 Å². The van der Waals surface area contributed by atoms with Gasteiger partial charge in [0.15, 0.2) is 0 Å². The van der Waals surface area contributed by atoms with Gasteiger partial charge in [-0.1, -0.05) is 5.16 Å². The SMILES string of the molecule is COC(=O)C1(C(C)OS(=O)(=O)C(F)(F)F)CC(c2cc(F)cc(F)c2)=NO1. The molecule has 0 radical (unpaired) electrons. The Bertz CT molecular complexity index is 864. The van der Waals surface area contributed by atoms with E-state index >= 15 is 0 Å². The van der Waals surface area contributed by atoms with Crippen molar-refractivity contribution in [3.63, 3.8) is 0 Å². The van der Waals surface area contributed by atoms with Gasteiger partial charge in [0.2, 0.25) is 0 Å². The molecule has 27 heavy (non-hydrogen) atoms. The van der Waals surface area contributed by atoms with Gasteiger partial charge in [0.25, 0.3) is 5.60 Å². The van der Waals surface area contributed by atoms with Crippen molar-refractivity contribution in [3.05, 3.63) is 35.4 Å². The summed E-state index contributed by atoms with van der Waals surface area (Å²) in [6, 6.07) is 2.25. The number of hydrogen-bond donors (Lipinski definition) is 0. The summed E-state index contributed by atoms with van der Waals surface area (Å²) in [4.78, 5) is 17.0. The van der Waals surface area contributed by atoms with Crippen LogP contribution in [0.2, 0.25) is 0 Å². The van der Waals surface area contributed by atoms with Gasteiger partial charge in [-0.15, -0.1) is 0 Å². The molecule has 13 heteroatoms. The van der Waals surface area contributed by atoms with E-state index in [1.165, 1.54) is 0 Å². The quantitative estimate of drug-likeness (QED) is 0.316. The average Bonchev–Trinajstić information content (AvgIpc) is 2.98. The lowest BCUT2D eigenvalue weighted by Gasteiger charge is -2.29. The number of carbonyl (C=O) groups is 1. The maximum Gasteiger partial charge on any atom is 0.523 e. The Labute approximate surface area is 149 Å². The largest absolute Gasteiger partial charge is 0.523 e. The molecular weight excluding hydrogens is 405 g/mol. The molecule has 2 unspecified atom stereocenters. The smallest absolute Gasteiger partial charge is 0.466 e. The number of ether oxygens (including phenoxy) is 1. The van der Waals surface area contributed by atoms with Crippen LogP contribution in [-0.2, 0) is 28.7 Å². The number of nitrogens with zero attached hydrogens (tertiary/aromatic N) is 1. The van der Waals surface area contributed by atoms with Crippen molar-refractivity contribution >= 4 is 21.8 Å². The summed E-state index contributed by atoms with van der Waals surface area (Å²) >= 11 is 0. The van der Waals surface area contributed by atoms with Gasteiger partial charge in [0, 0.05) is 11.6 Å². The van der Waals surface area contributed by atoms with Crippen LogP contribution in [0.1, 0.15) is 18.9 Å². The molecule has 1 aliphatic heterocycles. The zero-order chi connectivity index (χ0) is 20.6. The van der Waals surface area contributed by atoms with Crippen molar-refractivity contribution in [1.82, 2.24) is 0 Å². The van der Waals surface area contributed by atoms with Gasteiger partial charge in [0.1, 0.15) is 17.7 Å². The molecular formula is C14H12F5NO6S. The molecule has 0 aromatic heterocycles. The minimum absolute atomic E-state index is 0.163. The van der Waals surface area contributed by atoms with Gasteiger partial charge in [-0.2, -0.15) is 21.6 Å². The predicted molar refractivity (Wildman–Crippen MR) is 78.9 cm³/mol. The number of benzene rings is 1. The van der Waals surface area contributed by atoms with Crippen LogP contribution in [0.15, 0.2) is 23.4 Å². The van der Waals surface area contributed by atoms with E-state index in [1.807, 2.05) is 0 Å². The zero-order valence-electron chi connectivity index (χ0n) is 13.7. The van der Waals surface area contributed by atoms with Crippen molar-refractivity contribution in [3.8, 4) is 0 Å². The fourth-order valence-electron chi connectivity index (χ4n) is 2.31. The highest BCUT2D eigenvalue weighted by Gasteiger charge is 2.58. The lowest BCUT2D eigenvalue weighted by Crippen LogP contribution is -2.52. The third kappa shape index (κ3) is 4.03. The number of oxime groups is 1. The number of rotatable bonds is 5. The van der Waals surface area contributed by atoms with Crippen LogP contribution in [0.4, 0.5) is 22.0 Å². The van der Waals surface area contributed by atoms with Crippen LogP contribution >= 0.6 is 0 Å². The first-order chi connectivity index (χ1) is 12.3. The Kier molecular flexibility index (Phi) is 5.48. The van der Waals surface area contributed by atoms with Gasteiger partial charge in [0.05, 0.1) is 19.2 Å². The first-order valence-electron chi connectivity index (χ1n) is 7.12. The second kappa shape index (κ2) is 7.03. The van der Waals surface area contributed by atoms with E-state index in [0.717, 1.165) is 26.2 Å². The van der Waals surface area contributed by atoms with E-state index < -0.39 is 51.4 Å². The van der Waals surface area contributed by atoms with Gasteiger partial charge < -0.3 is 9.57 Å². The fourth-order valence-corrected chi connectivity index (χ4v) is 2.96. The van der Waals surface area contributed by atoms with Gasteiger partial charge in [-0.05, 0) is 19.1 Å². The first-order valence-corrected chi connectivity index (χ1v) is 8.52. The van der Waals surface area contributed by atoms with Crippen molar-refractivity contribution in [2.45, 2.75) is 30.6 Å². The molecule has 0 fully saturated rings. The summed E-state index contributed by atoms with van der Waals surface area (Å²) in [6.07, 6.45) is -2.69. The summed E-state index contributed by atoms with van der Waals surface area (Å²) in [5, 5.41) is 3.45. The zero-order valence-corrected chi connectivity index (χ0v) is 14.5. The summed E-state index contributed by atoms with van der Waals surface area (Å²) < 4.78 is 95.3. The third-order valence-corrected chi connectivity index (χ3v) is 4.80. The summed E-state index contributed by atoms with van der Waals surface area (Å²) in [6.45, 7) is 0.824. The Morgan fingerprint density at radius 1 is 1.26 bits per heavy atom. The molecule has 1 aromatic carbocycles. The monoisotopic (exact) mass is 417 g/mol. The van der Waals surface area contributed by atoms with E-state index in [-0.39, 0.29) is 11.3 Å². The molecule has 1 aromatic rings. The molecule has 2 atom stereocenters. The van der Waals surface area contributed by atoms with E-state index in [4.69, 9.17) is 4.84 Å². The van der Waals surface area contributed by atoms with E-state index in [1.54, 1.807) is 0 Å². The minimum atomic E-state index is -6.07. The number of hydrogen-bond acceptors (Lipinski definition) is 7. The molecule has 0 N–H and O–H groups in total. The highest BCUT2D eigenvalue weighted by atomic mass is 32.2. The van der Waals surface area contributed by atoms with Crippen LogP contribution in [0.3, 0.4) is 0 Å². The van der Waals surface area contributed by atoms with Crippen LogP contribution in [0.5, 0.6) is 0 Å². The Hall–Kier alpha value is -2.28. The van der Waals surface area contributed by atoms with Crippen molar-refractivity contribution in [1.29, 1.82) is 0 Å². The number of alkyl halides is 3. The molecule has 0 spiro atoms. The van der Waals surface area contributed by atoms with Crippen LogP contribution in [0, 0.1) is 11.6 Å².